The highest BCUT2D eigenvalue weighted by Gasteiger charge is 2.09. The Morgan fingerprint density at radius 3 is 2.56 bits per heavy atom. The van der Waals surface area contributed by atoms with Crippen LogP contribution in [0.5, 0.6) is 0 Å². The van der Waals surface area contributed by atoms with Gasteiger partial charge < -0.3 is 5.73 Å². The van der Waals surface area contributed by atoms with Gasteiger partial charge in [0.25, 0.3) is 0 Å². The van der Waals surface area contributed by atoms with E-state index < -0.39 is 11.6 Å². The Bertz CT molecular complexity index is 575. The van der Waals surface area contributed by atoms with Crippen LogP contribution in [0.3, 0.4) is 0 Å². The fraction of sp³-hybridized carbons (Fsp3) is 0.0769. The number of rotatable bonds is 3. The van der Waals surface area contributed by atoms with Crippen LogP contribution in [0.15, 0.2) is 50.7 Å². The second-order valence-corrected chi connectivity index (χ2v) is 5.63. The summed E-state index contributed by atoms with van der Waals surface area (Å²) in [5, 5.41) is 0. The lowest BCUT2D eigenvalue weighted by Crippen LogP contribution is -1.98. The molecular formula is C13H10BrF2NS. The lowest BCUT2D eigenvalue weighted by atomic mass is 10.2. The molecule has 2 rings (SSSR count). The summed E-state index contributed by atoms with van der Waals surface area (Å²) in [6.07, 6.45) is 0. The molecule has 2 aromatic rings. The molecule has 0 bridgehead atoms. The van der Waals surface area contributed by atoms with Gasteiger partial charge in [-0.05, 0) is 42.0 Å². The third-order valence-corrected chi connectivity index (χ3v) is 4.00. The molecule has 0 aliphatic carbocycles. The molecule has 1 nitrogen and oxygen atoms in total. The van der Waals surface area contributed by atoms with Crippen molar-refractivity contribution in [2.24, 2.45) is 5.73 Å². The monoisotopic (exact) mass is 329 g/mol. The molecule has 2 N–H and O–H groups in total. The molecule has 0 unspecified atom stereocenters. The summed E-state index contributed by atoms with van der Waals surface area (Å²) in [5.41, 5.74) is 6.53. The molecule has 0 saturated heterocycles. The van der Waals surface area contributed by atoms with Gasteiger partial charge in [-0.2, -0.15) is 0 Å². The zero-order chi connectivity index (χ0) is 13.1. The molecule has 0 fully saturated rings. The number of nitrogens with two attached hydrogens (primary N) is 1. The van der Waals surface area contributed by atoms with Gasteiger partial charge in [0.15, 0.2) is 0 Å². The second kappa shape index (κ2) is 5.82. The Morgan fingerprint density at radius 2 is 1.83 bits per heavy atom. The highest BCUT2D eigenvalue weighted by Crippen LogP contribution is 2.33. The van der Waals surface area contributed by atoms with Crippen LogP contribution < -0.4 is 5.73 Å². The first-order valence-electron chi connectivity index (χ1n) is 5.21. The number of benzene rings is 2. The maximum absolute atomic E-state index is 13.5. The summed E-state index contributed by atoms with van der Waals surface area (Å²) in [4.78, 5) is 1.08. The standard InChI is InChI=1S/C13H10BrF2NS/c14-9-1-4-12(8(5-9)7-17)18-13-6-10(15)2-3-11(13)16/h1-6H,7,17H2. The van der Waals surface area contributed by atoms with E-state index in [-0.39, 0.29) is 4.90 Å². The van der Waals surface area contributed by atoms with Crippen molar-refractivity contribution in [3.05, 3.63) is 58.1 Å². The quantitative estimate of drug-likeness (QED) is 0.906. The minimum absolute atomic E-state index is 0.257. The highest BCUT2D eigenvalue weighted by atomic mass is 79.9. The van der Waals surface area contributed by atoms with Crippen molar-refractivity contribution in [1.29, 1.82) is 0 Å². The van der Waals surface area contributed by atoms with Crippen LogP contribution >= 0.6 is 27.7 Å². The van der Waals surface area contributed by atoms with Crippen molar-refractivity contribution in [2.45, 2.75) is 16.3 Å². The van der Waals surface area contributed by atoms with Crippen LogP contribution in [0.2, 0.25) is 0 Å². The van der Waals surface area contributed by atoms with Gasteiger partial charge in [-0.15, -0.1) is 0 Å². The summed E-state index contributed by atoms with van der Waals surface area (Å²) in [6.45, 7) is 0.346. The summed E-state index contributed by atoms with van der Waals surface area (Å²) in [5.74, 6) is -0.891. The van der Waals surface area contributed by atoms with Crippen LogP contribution in [0.1, 0.15) is 5.56 Å². The fourth-order valence-electron chi connectivity index (χ4n) is 1.48. The van der Waals surface area contributed by atoms with Crippen molar-refractivity contribution in [3.8, 4) is 0 Å². The predicted molar refractivity (Wildman–Crippen MR) is 72.5 cm³/mol. The van der Waals surface area contributed by atoms with E-state index in [1.807, 2.05) is 18.2 Å². The Labute approximate surface area is 117 Å². The third-order valence-electron chi connectivity index (χ3n) is 2.36. The molecule has 0 aromatic heterocycles. The van der Waals surface area contributed by atoms with E-state index in [1.165, 1.54) is 17.8 Å². The van der Waals surface area contributed by atoms with Gasteiger partial charge >= 0.3 is 0 Å². The molecule has 0 heterocycles. The topological polar surface area (TPSA) is 26.0 Å². The van der Waals surface area contributed by atoms with Gasteiger partial charge in [-0.1, -0.05) is 27.7 Å². The van der Waals surface area contributed by atoms with Crippen molar-refractivity contribution in [3.63, 3.8) is 0 Å². The van der Waals surface area contributed by atoms with Crippen molar-refractivity contribution >= 4 is 27.7 Å². The summed E-state index contributed by atoms with van der Waals surface area (Å²) < 4.78 is 27.5. The van der Waals surface area contributed by atoms with Crippen LogP contribution in [0.25, 0.3) is 0 Å². The Balaban J connectivity index is 2.36. The normalized spacial score (nSPS) is 10.7. The van der Waals surface area contributed by atoms with E-state index in [4.69, 9.17) is 5.73 Å². The van der Waals surface area contributed by atoms with E-state index in [0.717, 1.165) is 27.1 Å². The van der Waals surface area contributed by atoms with E-state index >= 15 is 0 Å². The Kier molecular flexibility index (Phi) is 4.37. The first-order valence-corrected chi connectivity index (χ1v) is 6.82. The molecule has 0 radical (unpaired) electrons. The Hall–Kier alpha value is -0.910. The van der Waals surface area contributed by atoms with Crippen LogP contribution in [-0.2, 0) is 6.54 Å². The molecule has 0 aliphatic heterocycles. The van der Waals surface area contributed by atoms with Gasteiger partial charge in [0.05, 0.1) is 4.90 Å². The van der Waals surface area contributed by atoms with Crippen molar-refractivity contribution in [2.75, 3.05) is 0 Å². The molecule has 0 amide bonds. The molecule has 5 heteroatoms. The van der Waals surface area contributed by atoms with Gasteiger partial charge in [-0.25, -0.2) is 8.78 Å². The zero-order valence-electron chi connectivity index (χ0n) is 9.29. The first-order chi connectivity index (χ1) is 8.60. The van der Waals surface area contributed by atoms with Crippen molar-refractivity contribution in [1.82, 2.24) is 0 Å². The largest absolute Gasteiger partial charge is 0.326 e. The maximum Gasteiger partial charge on any atom is 0.137 e. The zero-order valence-corrected chi connectivity index (χ0v) is 11.7. The molecule has 0 saturated carbocycles. The first kappa shape index (κ1) is 13.5. The second-order valence-electron chi connectivity index (χ2n) is 3.63. The average molecular weight is 330 g/mol. The van der Waals surface area contributed by atoms with Gasteiger partial charge in [0.1, 0.15) is 11.6 Å². The van der Waals surface area contributed by atoms with Gasteiger partial charge in [-0.3, -0.25) is 0 Å². The van der Waals surface area contributed by atoms with E-state index in [2.05, 4.69) is 15.9 Å². The molecule has 0 aliphatic rings. The molecule has 0 atom stereocenters. The van der Waals surface area contributed by atoms with Crippen LogP contribution in [-0.4, -0.2) is 0 Å². The maximum atomic E-state index is 13.5. The number of hydrogen-bond donors (Lipinski definition) is 1. The van der Waals surface area contributed by atoms with E-state index in [1.54, 1.807) is 0 Å². The minimum atomic E-state index is -0.453. The van der Waals surface area contributed by atoms with E-state index in [0.29, 0.717) is 6.54 Å². The highest BCUT2D eigenvalue weighted by molar-refractivity contribution is 9.10. The lowest BCUT2D eigenvalue weighted by molar-refractivity contribution is 0.577. The average Bonchev–Trinajstić information content (AvgIpc) is 2.36. The van der Waals surface area contributed by atoms with Crippen molar-refractivity contribution < 1.29 is 8.78 Å². The SMILES string of the molecule is NCc1cc(Br)ccc1Sc1cc(F)ccc1F. The van der Waals surface area contributed by atoms with Crippen LogP contribution in [0, 0.1) is 11.6 Å². The molecule has 94 valence electrons. The molecular weight excluding hydrogens is 320 g/mol. The summed E-state index contributed by atoms with van der Waals surface area (Å²) >= 11 is 4.52. The van der Waals surface area contributed by atoms with Gasteiger partial charge in [0, 0.05) is 15.9 Å². The minimum Gasteiger partial charge on any atom is -0.326 e. The molecule has 18 heavy (non-hydrogen) atoms. The summed E-state index contributed by atoms with van der Waals surface area (Å²) in [7, 11) is 0. The molecule has 2 aromatic carbocycles. The third kappa shape index (κ3) is 3.10. The van der Waals surface area contributed by atoms with Gasteiger partial charge in [0.2, 0.25) is 0 Å². The predicted octanol–water partition coefficient (Wildman–Crippen LogP) is 4.34. The fourth-order valence-corrected chi connectivity index (χ4v) is 2.87. The number of halogens is 3. The lowest BCUT2D eigenvalue weighted by Gasteiger charge is -2.08. The van der Waals surface area contributed by atoms with Crippen LogP contribution in [0.4, 0.5) is 8.78 Å². The molecule has 0 spiro atoms. The Morgan fingerprint density at radius 1 is 1.06 bits per heavy atom. The smallest absolute Gasteiger partial charge is 0.137 e. The summed E-state index contributed by atoms with van der Waals surface area (Å²) in [6, 6.07) is 8.96. The number of hydrogen-bond acceptors (Lipinski definition) is 2. The van der Waals surface area contributed by atoms with E-state index in [9.17, 15) is 8.78 Å².